The third kappa shape index (κ3) is 5.21. The molecule has 178 valence electrons. The van der Waals surface area contributed by atoms with Gasteiger partial charge in [0.15, 0.2) is 0 Å². The van der Waals surface area contributed by atoms with Gasteiger partial charge >= 0.3 is 0 Å². The van der Waals surface area contributed by atoms with Crippen molar-refractivity contribution in [1.82, 2.24) is 19.4 Å². The summed E-state index contributed by atoms with van der Waals surface area (Å²) in [6.45, 7) is 4.78. The van der Waals surface area contributed by atoms with Crippen LogP contribution in [0.1, 0.15) is 17.8 Å². The number of halogens is 1. The molecule has 0 saturated carbocycles. The van der Waals surface area contributed by atoms with Crippen molar-refractivity contribution in [2.24, 2.45) is 9.98 Å². The summed E-state index contributed by atoms with van der Waals surface area (Å²) in [5, 5.41) is 0. The molecule has 3 aromatic rings. The zero-order valence-corrected chi connectivity index (χ0v) is 19.6. The van der Waals surface area contributed by atoms with Crippen LogP contribution >= 0.6 is 0 Å². The van der Waals surface area contributed by atoms with Crippen molar-refractivity contribution in [3.63, 3.8) is 0 Å². The summed E-state index contributed by atoms with van der Waals surface area (Å²) in [4.78, 5) is 30.6. The second-order valence-electron chi connectivity index (χ2n) is 8.70. The van der Waals surface area contributed by atoms with Gasteiger partial charge in [-0.25, -0.2) is 19.4 Å². The number of aromatic nitrogens is 2. The molecule has 5 rings (SSSR count). The molecular formula is C27H27FN6O. The van der Waals surface area contributed by atoms with E-state index in [1.165, 1.54) is 12.1 Å². The van der Waals surface area contributed by atoms with Crippen molar-refractivity contribution in [1.29, 1.82) is 0 Å². The molecule has 0 aliphatic carbocycles. The minimum Gasteiger partial charge on any atom is -0.356 e. The van der Waals surface area contributed by atoms with Crippen LogP contribution in [0, 0.1) is 12.7 Å². The molecule has 0 spiro atoms. The molecule has 35 heavy (non-hydrogen) atoms. The molecule has 1 saturated heterocycles. The molecule has 0 N–H and O–H groups in total. The van der Waals surface area contributed by atoms with E-state index in [-0.39, 0.29) is 18.1 Å². The Hall–Kier alpha value is -4.07. The van der Waals surface area contributed by atoms with E-state index in [1.807, 2.05) is 52.9 Å². The third-order valence-corrected chi connectivity index (χ3v) is 6.30. The summed E-state index contributed by atoms with van der Waals surface area (Å²) >= 11 is 0. The number of amides is 1. The van der Waals surface area contributed by atoms with Crippen LogP contribution in [0.2, 0.25) is 0 Å². The van der Waals surface area contributed by atoms with Crippen LogP contribution in [0.4, 0.5) is 4.39 Å². The predicted octanol–water partition coefficient (Wildman–Crippen LogP) is 4.02. The highest BCUT2D eigenvalue weighted by molar-refractivity contribution is 5.90. The smallest absolute Gasteiger partial charge is 0.230 e. The number of carbonyl (C=O) groups excluding carboxylic acids is 1. The number of nitrogens with zero attached hydrogens (tertiary/aromatic N) is 6. The number of hydrogen-bond acceptors (Lipinski definition) is 5. The molecule has 7 nitrogen and oxygen atoms in total. The molecular weight excluding hydrogens is 443 g/mol. The van der Waals surface area contributed by atoms with Crippen LogP contribution in [-0.2, 0) is 11.2 Å². The van der Waals surface area contributed by atoms with Gasteiger partial charge in [0, 0.05) is 56.2 Å². The molecule has 0 radical (unpaired) electrons. The zero-order valence-electron chi connectivity index (χ0n) is 19.6. The van der Waals surface area contributed by atoms with Crippen molar-refractivity contribution >= 4 is 18.1 Å². The van der Waals surface area contributed by atoms with Crippen molar-refractivity contribution < 1.29 is 9.18 Å². The second kappa shape index (κ2) is 10.0. The Morgan fingerprint density at radius 3 is 2.49 bits per heavy atom. The van der Waals surface area contributed by atoms with Gasteiger partial charge in [0.1, 0.15) is 23.8 Å². The lowest BCUT2D eigenvalue weighted by Gasteiger charge is -2.36. The number of hydrogen-bond donors (Lipinski definition) is 0. The summed E-state index contributed by atoms with van der Waals surface area (Å²) in [5.74, 6) is 1.39. The number of amidine groups is 1. The number of piperazine rings is 1. The van der Waals surface area contributed by atoms with Crippen molar-refractivity contribution in [3.05, 3.63) is 84.2 Å². The lowest BCUT2D eigenvalue weighted by atomic mass is 10.2. The van der Waals surface area contributed by atoms with Gasteiger partial charge in [-0.1, -0.05) is 23.8 Å². The largest absolute Gasteiger partial charge is 0.356 e. The van der Waals surface area contributed by atoms with Crippen LogP contribution < -0.4 is 0 Å². The van der Waals surface area contributed by atoms with Gasteiger partial charge in [-0.2, -0.15) is 0 Å². The number of aryl methyl sites for hydroxylation is 1. The lowest BCUT2D eigenvalue weighted by Crippen LogP contribution is -2.51. The Kier molecular flexibility index (Phi) is 6.52. The Labute approximate surface area is 203 Å². The highest BCUT2D eigenvalue weighted by Crippen LogP contribution is 2.23. The van der Waals surface area contributed by atoms with Crippen LogP contribution in [0.5, 0.6) is 0 Å². The average molecular weight is 471 g/mol. The van der Waals surface area contributed by atoms with E-state index < -0.39 is 0 Å². The first-order chi connectivity index (χ1) is 17.1. The lowest BCUT2D eigenvalue weighted by molar-refractivity contribution is -0.131. The summed E-state index contributed by atoms with van der Waals surface area (Å²) in [6.07, 6.45) is 8.16. The SMILES string of the molecule is Cc1ccc(-n2cc(-c3ccc(F)cc3)nc2CC(=O)N2CCN(C3=NC=NC=CC3)CC2)cc1. The van der Waals surface area contributed by atoms with Gasteiger partial charge in [-0.3, -0.25) is 4.79 Å². The first-order valence-corrected chi connectivity index (χ1v) is 11.7. The maximum Gasteiger partial charge on any atom is 0.230 e. The molecule has 0 unspecified atom stereocenters. The van der Waals surface area contributed by atoms with E-state index in [1.54, 1.807) is 24.7 Å². The Morgan fingerprint density at radius 1 is 1.00 bits per heavy atom. The monoisotopic (exact) mass is 470 g/mol. The van der Waals surface area contributed by atoms with Crippen LogP contribution in [0.25, 0.3) is 16.9 Å². The first-order valence-electron chi connectivity index (χ1n) is 11.7. The van der Waals surface area contributed by atoms with Crippen LogP contribution in [-0.4, -0.2) is 63.6 Å². The molecule has 2 aliphatic heterocycles. The van der Waals surface area contributed by atoms with Crippen molar-refractivity contribution in [2.75, 3.05) is 26.2 Å². The van der Waals surface area contributed by atoms with Gasteiger partial charge in [0.25, 0.3) is 0 Å². The molecule has 1 amide bonds. The molecule has 0 bridgehead atoms. The minimum absolute atomic E-state index is 0.0403. The number of aliphatic imine (C=N–C) groups is 2. The van der Waals surface area contributed by atoms with Gasteiger partial charge in [-0.05, 0) is 43.3 Å². The van der Waals surface area contributed by atoms with Gasteiger partial charge in [0.05, 0.1) is 12.1 Å². The molecule has 2 aliphatic rings. The molecule has 1 fully saturated rings. The fourth-order valence-corrected chi connectivity index (χ4v) is 4.31. The second-order valence-corrected chi connectivity index (χ2v) is 8.70. The normalized spacial score (nSPS) is 15.8. The number of carbonyl (C=O) groups is 1. The van der Waals surface area contributed by atoms with E-state index in [0.717, 1.165) is 42.2 Å². The summed E-state index contributed by atoms with van der Waals surface area (Å²) in [6, 6.07) is 14.4. The summed E-state index contributed by atoms with van der Waals surface area (Å²) in [7, 11) is 0. The van der Waals surface area contributed by atoms with E-state index >= 15 is 0 Å². The van der Waals surface area contributed by atoms with Gasteiger partial charge in [0.2, 0.25) is 5.91 Å². The summed E-state index contributed by atoms with van der Waals surface area (Å²) in [5.41, 5.74) is 3.61. The zero-order chi connectivity index (χ0) is 24.2. The Morgan fingerprint density at radius 2 is 1.74 bits per heavy atom. The highest BCUT2D eigenvalue weighted by atomic mass is 19.1. The molecule has 2 aromatic carbocycles. The number of benzene rings is 2. The van der Waals surface area contributed by atoms with E-state index in [2.05, 4.69) is 14.9 Å². The van der Waals surface area contributed by atoms with Gasteiger partial charge in [-0.15, -0.1) is 0 Å². The number of rotatable bonds is 4. The fraction of sp³-hybridized carbons (Fsp3) is 0.259. The van der Waals surface area contributed by atoms with Gasteiger partial charge < -0.3 is 14.4 Å². The summed E-state index contributed by atoms with van der Waals surface area (Å²) < 4.78 is 15.4. The quantitative estimate of drug-likeness (QED) is 0.579. The Balaban J connectivity index is 1.34. The van der Waals surface area contributed by atoms with Crippen molar-refractivity contribution in [2.45, 2.75) is 19.8 Å². The highest BCUT2D eigenvalue weighted by Gasteiger charge is 2.24. The maximum atomic E-state index is 13.4. The predicted molar refractivity (Wildman–Crippen MR) is 135 cm³/mol. The molecule has 3 heterocycles. The van der Waals surface area contributed by atoms with E-state index in [4.69, 9.17) is 4.98 Å². The fourth-order valence-electron chi connectivity index (χ4n) is 4.31. The molecule has 1 aromatic heterocycles. The number of imidazole rings is 1. The van der Waals surface area contributed by atoms with Crippen LogP contribution in [0.15, 0.2) is 77.0 Å². The van der Waals surface area contributed by atoms with Crippen molar-refractivity contribution in [3.8, 4) is 16.9 Å². The Bertz CT molecular complexity index is 1280. The van der Waals surface area contributed by atoms with E-state index in [9.17, 15) is 9.18 Å². The maximum absolute atomic E-state index is 13.4. The van der Waals surface area contributed by atoms with Crippen LogP contribution in [0.3, 0.4) is 0 Å². The first kappa shape index (κ1) is 22.7. The standard InChI is InChI=1S/C27H27FN6O/c1-20-4-10-23(11-5-20)34-18-24(21-6-8-22(28)9-7-21)31-26(34)17-27(35)33-15-13-32(14-16-33)25-3-2-12-29-19-30-25/h2,4-12,18-19H,3,13-17H2,1H3. The third-order valence-electron chi connectivity index (χ3n) is 6.30. The minimum atomic E-state index is -0.292. The molecule has 0 atom stereocenters. The van der Waals surface area contributed by atoms with E-state index in [0.29, 0.717) is 24.6 Å². The topological polar surface area (TPSA) is 66.1 Å². The molecule has 8 heteroatoms. The average Bonchev–Trinajstić information content (AvgIpc) is 3.10.